The van der Waals surface area contributed by atoms with Crippen LogP contribution in [-0.4, -0.2) is 25.0 Å². The van der Waals surface area contributed by atoms with E-state index in [0.717, 1.165) is 42.9 Å². The van der Waals surface area contributed by atoms with E-state index in [1.165, 1.54) is 0 Å². The SMILES string of the molecule is O=C(NCCc1cccc(Oc2ccccc2)c1)[C@H]1CCCN1. The summed E-state index contributed by atoms with van der Waals surface area (Å²) in [5.41, 5.74) is 1.15. The van der Waals surface area contributed by atoms with E-state index in [-0.39, 0.29) is 11.9 Å². The predicted molar refractivity (Wildman–Crippen MR) is 90.7 cm³/mol. The van der Waals surface area contributed by atoms with Gasteiger partial charge in [-0.25, -0.2) is 0 Å². The van der Waals surface area contributed by atoms with E-state index in [1.54, 1.807) is 0 Å². The van der Waals surface area contributed by atoms with Crippen molar-refractivity contribution in [1.82, 2.24) is 10.6 Å². The van der Waals surface area contributed by atoms with Gasteiger partial charge < -0.3 is 15.4 Å². The lowest BCUT2D eigenvalue weighted by Crippen LogP contribution is -2.41. The predicted octanol–water partition coefficient (Wildman–Crippen LogP) is 2.89. The van der Waals surface area contributed by atoms with Crippen molar-refractivity contribution in [2.24, 2.45) is 0 Å². The van der Waals surface area contributed by atoms with Crippen molar-refractivity contribution in [2.45, 2.75) is 25.3 Å². The van der Waals surface area contributed by atoms with Crippen molar-refractivity contribution in [1.29, 1.82) is 0 Å². The molecule has 1 heterocycles. The molecule has 23 heavy (non-hydrogen) atoms. The highest BCUT2D eigenvalue weighted by molar-refractivity contribution is 5.81. The molecule has 1 fully saturated rings. The number of ether oxygens (including phenoxy) is 1. The lowest BCUT2D eigenvalue weighted by molar-refractivity contribution is -0.122. The van der Waals surface area contributed by atoms with Gasteiger partial charge in [-0.05, 0) is 55.6 Å². The highest BCUT2D eigenvalue weighted by atomic mass is 16.5. The topological polar surface area (TPSA) is 50.4 Å². The first kappa shape index (κ1) is 15.6. The molecular weight excluding hydrogens is 288 g/mol. The summed E-state index contributed by atoms with van der Waals surface area (Å²) >= 11 is 0. The minimum atomic E-state index is -0.0113. The number of carbonyl (C=O) groups excluding carboxylic acids is 1. The summed E-state index contributed by atoms with van der Waals surface area (Å²) in [5.74, 6) is 1.75. The molecular formula is C19H22N2O2. The Hall–Kier alpha value is -2.33. The summed E-state index contributed by atoms with van der Waals surface area (Å²) in [6, 6.07) is 17.7. The molecule has 1 aliphatic rings. The average Bonchev–Trinajstić information content (AvgIpc) is 3.11. The lowest BCUT2D eigenvalue weighted by atomic mass is 10.1. The fraction of sp³-hybridized carbons (Fsp3) is 0.316. The molecule has 0 spiro atoms. The van der Waals surface area contributed by atoms with Crippen LogP contribution in [0.4, 0.5) is 0 Å². The van der Waals surface area contributed by atoms with E-state index < -0.39 is 0 Å². The van der Waals surface area contributed by atoms with Gasteiger partial charge in [-0.2, -0.15) is 0 Å². The zero-order valence-electron chi connectivity index (χ0n) is 13.1. The standard InChI is InChI=1S/C19H22N2O2/c22-19(18-10-5-12-20-18)21-13-11-15-6-4-9-17(14-15)23-16-7-2-1-3-8-16/h1-4,6-9,14,18,20H,5,10-13H2,(H,21,22)/t18-/m1/s1. The average molecular weight is 310 g/mol. The van der Waals surface area contributed by atoms with E-state index in [1.807, 2.05) is 48.5 Å². The maximum absolute atomic E-state index is 11.9. The highest BCUT2D eigenvalue weighted by Crippen LogP contribution is 2.21. The molecule has 0 aliphatic carbocycles. The molecule has 2 N–H and O–H groups in total. The van der Waals surface area contributed by atoms with Crippen molar-refractivity contribution in [3.05, 3.63) is 60.2 Å². The van der Waals surface area contributed by atoms with Crippen LogP contribution in [0.15, 0.2) is 54.6 Å². The first-order valence-corrected chi connectivity index (χ1v) is 8.14. The van der Waals surface area contributed by atoms with Gasteiger partial charge in [0.25, 0.3) is 0 Å². The minimum Gasteiger partial charge on any atom is -0.457 e. The summed E-state index contributed by atoms with van der Waals surface area (Å²) in [6.07, 6.45) is 2.81. The van der Waals surface area contributed by atoms with E-state index in [2.05, 4.69) is 16.7 Å². The third-order valence-corrected chi connectivity index (χ3v) is 3.97. The second-order valence-corrected chi connectivity index (χ2v) is 5.75. The Morgan fingerprint density at radius 2 is 1.96 bits per heavy atom. The zero-order chi connectivity index (χ0) is 15.9. The summed E-state index contributed by atoms with van der Waals surface area (Å²) in [4.78, 5) is 11.9. The first-order valence-electron chi connectivity index (χ1n) is 8.14. The second kappa shape index (κ2) is 7.79. The number of para-hydroxylation sites is 1. The number of rotatable bonds is 6. The Morgan fingerprint density at radius 1 is 1.13 bits per heavy atom. The molecule has 0 saturated carbocycles. The largest absolute Gasteiger partial charge is 0.457 e. The van der Waals surface area contributed by atoms with Gasteiger partial charge >= 0.3 is 0 Å². The summed E-state index contributed by atoms with van der Waals surface area (Å²) in [6.45, 7) is 1.59. The number of nitrogens with one attached hydrogen (secondary N) is 2. The van der Waals surface area contributed by atoms with E-state index >= 15 is 0 Å². The molecule has 4 nitrogen and oxygen atoms in total. The maximum Gasteiger partial charge on any atom is 0.237 e. The summed E-state index contributed by atoms with van der Waals surface area (Å²) in [7, 11) is 0. The molecule has 2 aromatic carbocycles. The quantitative estimate of drug-likeness (QED) is 0.862. The molecule has 0 aromatic heterocycles. The van der Waals surface area contributed by atoms with Crippen LogP contribution in [-0.2, 0) is 11.2 Å². The van der Waals surface area contributed by atoms with Crippen molar-refractivity contribution in [3.63, 3.8) is 0 Å². The van der Waals surface area contributed by atoms with Gasteiger partial charge in [0.2, 0.25) is 5.91 Å². The maximum atomic E-state index is 11.9. The molecule has 1 aliphatic heterocycles. The van der Waals surface area contributed by atoms with Gasteiger partial charge in [-0.15, -0.1) is 0 Å². The molecule has 4 heteroatoms. The van der Waals surface area contributed by atoms with Gasteiger partial charge in [-0.3, -0.25) is 4.79 Å². The summed E-state index contributed by atoms with van der Waals surface area (Å²) < 4.78 is 5.83. The molecule has 3 rings (SSSR count). The highest BCUT2D eigenvalue weighted by Gasteiger charge is 2.21. The van der Waals surface area contributed by atoms with Crippen molar-refractivity contribution in [2.75, 3.05) is 13.1 Å². The molecule has 1 saturated heterocycles. The van der Waals surface area contributed by atoms with Crippen LogP contribution >= 0.6 is 0 Å². The number of benzene rings is 2. The van der Waals surface area contributed by atoms with Crippen LogP contribution in [0.1, 0.15) is 18.4 Å². The number of hydrogen-bond acceptors (Lipinski definition) is 3. The van der Waals surface area contributed by atoms with Crippen LogP contribution in [0.25, 0.3) is 0 Å². The van der Waals surface area contributed by atoms with Crippen molar-refractivity contribution >= 4 is 5.91 Å². The van der Waals surface area contributed by atoms with Crippen LogP contribution in [0.2, 0.25) is 0 Å². The van der Waals surface area contributed by atoms with Crippen LogP contribution in [0.3, 0.4) is 0 Å². The van der Waals surface area contributed by atoms with Gasteiger partial charge in [0.15, 0.2) is 0 Å². The number of amides is 1. The Morgan fingerprint density at radius 3 is 2.74 bits per heavy atom. The van der Waals surface area contributed by atoms with Gasteiger partial charge in [0.1, 0.15) is 11.5 Å². The fourth-order valence-electron chi connectivity index (χ4n) is 2.75. The Kier molecular flexibility index (Phi) is 5.27. The third-order valence-electron chi connectivity index (χ3n) is 3.97. The van der Waals surface area contributed by atoms with Gasteiger partial charge in [-0.1, -0.05) is 30.3 Å². The molecule has 120 valence electrons. The summed E-state index contributed by atoms with van der Waals surface area (Å²) in [5, 5.41) is 6.21. The Balaban J connectivity index is 1.50. The van der Waals surface area contributed by atoms with Gasteiger partial charge in [0, 0.05) is 6.54 Å². The second-order valence-electron chi connectivity index (χ2n) is 5.75. The molecule has 2 aromatic rings. The normalized spacial score (nSPS) is 17.0. The Labute approximate surface area is 136 Å². The monoisotopic (exact) mass is 310 g/mol. The minimum absolute atomic E-state index is 0.0113. The molecule has 0 unspecified atom stereocenters. The van der Waals surface area contributed by atoms with Crippen LogP contribution in [0.5, 0.6) is 11.5 Å². The van der Waals surface area contributed by atoms with Gasteiger partial charge in [0.05, 0.1) is 6.04 Å². The van der Waals surface area contributed by atoms with E-state index in [9.17, 15) is 4.79 Å². The smallest absolute Gasteiger partial charge is 0.237 e. The van der Waals surface area contributed by atoms with E-state index in [4.69, 9.17) is 4.74 Å². The van der Waals surface area contributed by atoms with Crippen molar-refractivity contribution in [3.8, 4) is 11.5 Å². The molecule has 1 atom stereocenters. The molecule has 1 amide bonds. The van der Waals surface area contributed by atoms with Crippen LogP contribution in [0, 0.1) is 0 Å². The number of carbonyl (C=O) groups is 1. The third kappa shape index (κ3) is 4.57. The number of hydrogen-bond donors (Lipinski definition) is 2. The fourth-order valence-corrected chi connectivity index (χ4v) is 2.75. The molecule has 0 radical (unpaired) electrons. The lowest BCUT2D eigenvalue weighted by Gasteiger charge is -2.11. The zero-order valence-corrected chi connectivity index (χ0v) is 13.1. The molecule has 0 bridgehead atoms. The first-order chi connectivity index (χ1) is 11.3. The van der Waals surface area contributed by atoms with Crippen LogP contribution < -0.4 is 15.4 Å². The Bertz CT molecular complexity index is 637. The van der Waals surface area contributed by atoms with E-state index in [0.29, 0.717) is 6.54 Å². The van der Waals surface area contributed by atoms with Crippen molar-refractivity contribution < 1.29 is 9.53 Å².